The quantitative estimate of drug-likeness (QED) is 0.228. The zero-order valence-corrected chi connectivity index (χ0v) is 21.9. The van der Waals surface area contributed by atoms with Crippen molar-refractivity contribution in [1.29, 1.82) is 0 Å². The molecule has 180 valence electrons. The summed E-state index contributed by atoms with van der Waals surface area (Å²) in [6.07, 6.45) is 8.99. The third-order valence-corrected chi connectivity index (χ3v) is 8.80. The van der Waals surface area contributed by atoms with Crippen molar-refractivity contribution in [2.24, 2.45) is 11.8 Å². The highest BCUT2D eigenvalue weighted by atomic mass is 31.2. The van der Waals surface area contributed by atoms with Gasteiger partial charge in [-0.25, -0.2) is 0 Å². The lowest BCUT2D eigenvalue weighted by Gasteiger charge is -2.35. The molecule has 0 aromatic heterocycles. The van der Waals surface area contributed by atoms with Gasteiger partial charge in [-0.2, -0.15) is 0 Å². The minimum atomic E-state index is -3.37. The molecule has 4 nitrogen and oxygen atoms in total. The largest absolute Gasteiger partial charge is 0.349 e. The molecule has 0 heterocycles. The monoisotopic (exact) mass is 453 g/mol. The molecule has 2 atom stereocenters. The van der Waals surface area contributed by atoms with Gasteiger partial charge in [0.1, 0.15) is 5.28 Å². The SMILES string of the molecule is CCCCC(CC)COP(=O)(OCC(CC)CCCC)C(C)(C)NCc1ccccc1. The van der Waals surface area contributed by atoms with Crippen LogP contribution in [0.3, 0.4) is 0 Å². The van der Waals surface area contributed by atoms with E-state index in [1.54, 1.807) is 0 Å². The van der Waals surface area contributed by atoms with Crippen molar-refractivity contribution in [3.8, 4) is 0 Å². The molecule has 0 fully saturated rings. The smallest absolute Gasteiger partial charge is 0.307 e. The fraction of sp³-hybridized carbons (Fsp3) is 0.769. The van der Waals surface area contributed by atoms with Crippen molar-refractivity contribution < 1.29 is 13.6 Å². The van der Waals surface area contributed by atoms with Crippen LogP contribution in [0.15, 0.2) is 30.3 Å². The van der Waals surface area contributed by atoms with E-state index in [1.807, 2.05) is 32.0 Å². The van der Waals surface area contributed by atoms with Gasteiger partial charge in [0.05, 0.1) is 13.2 Å². The first-order valence-corrected chi connectivity index (χ1v) is 14.0. The molecule has 1 aromatic carbocycles. The predicted octanol–water partition coefficient (Wildman–Crippen LogP) is 8.17. The summed E-state index contributed by atoms with van der Waals surface area (Å²) in [6, 6.07) is 10.2. The summed E-state index contributed by atoms with van der Waals surface area (Å²) in [5, 5.41) is 2.70. The van der Waals surface area contributed by atoms with E-state index in [-0.39, 0.29) is 0 Å². The third-order valence-electron chi connectivity index (χ3n) is 6.30. The molecule has 0 spiro atoms. The third kappa shape index (κ3) is 10.2. The molecule has 0 aliphatic heterocycles. The lowest BCUT2D eigenvalue weighted by atomic mass is 10.0. The molecule has 1 rings (SSSR count). The molecule has 1 aromatic rings. The Labute approximate surface area is 192 Å². The average Bonchev–Trinajstić information content (AvgIpc) is 2.78. The summed E-state index contributed by atoms with van der Waals surface area (Å²) >= 11 is 0. The molecular formula is C26H48NO3P. The number of nitrogens with one attached hydrogen (secondary N) is 1. The van der Waals surface area contributed by atoms with Crippen molar-refractivity contribution in [2.75, 3.05) is 13.2 Å². The summed E-state index contributed by atoms with van der Waals surface area (Å²) in [7, 11) is -3.37. The lowest BCUT2D eigenvalue weighted by molar-refractivity contribution is 0.134. The molecule has 0 saturated heterocycles. The van der Waals surface area contributed by atoms with Crippen LogP contribution in [0.4, 0.5) is 0 Å². The van der Waals surface area contributed by atoms with Gasteiger partial charge in [-0.05, 0) is 44.1 Å². The molecule has 1 N–H and O–H groups in total. The standard InChI is InChI=1S/C26H48NO3P/c1-7-11-16-23(9-3)21-29-31(28,30-22-24(10-4)17-12-8-2)26(5,6)27-20-25-18-14-13-15-19-25/h13-15,18-19,23-24,27H,7-12,16-17,20-22H2,1-6H3. The Kier molecular flexibility index (Phi) is 13.9. The molecule has 0 amide bonds. The van der Waals surface area contributed by atoms with E-state index in [0.29, 0.717) is 31.6 Å². The maximum Gasteiger partial charge on any atom is 0.349 e. The van der Waals surface area contributed by atoms with Crippen molar-refractivity contribution in [3.05, 3.63) is 35.9 Å². The highest BCUT2D eigenvalue weighted by molar-refractivity contribution is 7.55. The molecule has 31 heavy (non-hydrogen) atoms. The summed E-state index contributed by atoms with van der Waals surface area (Å²) in [6.45, 7) is 14.3. The Morgan fingerprint density at radius 1 is 0.871 bits per heavy atom. The molecule has 0 radical (unpaired) electrons. The Balaban J connectivity index is 2.90. The van der Waals surface area contributed by atoms with Crippen molar-refractivity contribution in [1.82, 2.24) is 5.32 Å². The molecule has 2 unspecified atom stereocenters. The van der Waals surface area contributed by atoms with E-state index in [4.69, 9.17) is 9.05 Å². The predicted molar refractivity (Wildman–Crippen MR) is 133 cm³/mol. The van der Waals surface area contributed by atoms with E-state index in [9.17, 15) is 4.57 Å². The summed E-state index contributed by atoms with van der Waals surface area (Å²) in [5.41, 5.74) is 1.16. The number of benzene rings is 1. The highest BCUT2D eigenvalue weighted by Gasteiger charge is 2.44. The highest BCUT2D eigenvalue weighted by Crippen LogP contribution is 2.59. The maximum absolute atomic E-state index is 14.1. The van der Waals surface area contributed by atoms with Gasteiger partial charge in [-0.15, -0.1) is 0 Å². The van der Waals surface area contributed by atoms with Gasteiger partial charge in [0, 0.05) is 6.54 Å². The Morgan fingerprint density at radius 3 is 1.77 bits per heavy atom. The van der Waals surface area contributed by atoms with E-state index < -0.39 is 12.9 Å². The van der Waals surface area contributed by atoms with Gasteiger partial charge in [-0.1, -0.05) is 96.6 Å². The van der Waals surface area contributed by atoms with Crippen LogP contribution >= 0.6 is 7.60 Å². The van der Waals surface area contributed by atoms with Crippen LogP contribution in [0.1, 0.15) is 98.5 Å². The number of hydrogen-bond donors (Lipinski definition) is 1. The van der Waals surface area contributed by atoms with Gasteiger partial charge in [0.25, 0.3) is 0 Å². The topological polar surface area (TPSA) is 47.6 Å². The second kappa shape index (κ2) is 15.2. The van der Waals surface area contributed by atoms with Crippen molar-refractivity contribution in [2.45, 2.75) is 105 Å². The molecule has 0 saturated carbocycles. The second-order valence-corrected chi connectivity index (χ2v) is 11.9. The van der Waals surface area contributed by atoms with E-state index >= 15 is 0 Å². The average molecular weight is 454 g/mol. The molecule has 0 bridgehead atoms. The number of rotatable bonds is 18. The van der Waals surface area contributed by atoms with Crippen LogP contribution in [0.25, 0.3) is 0 Å². The van der Waals surface area contributed by atoms with E-state index in [0.717, 1.165) is 31.2 Å². The summed E-state index contributed by atoms with van der Waals surface area (Å²) < 4.78 is 26.5. The van der Waals surface area contributed by atoms with Gasteiger partial charge in [0.2, 0.25) is 0 Å². The molecule has 0 aliphatic carbocycles. The van der Waals surface area contributed by atoms with Crippen LogP contribution in [-0.2, 0) is 20.2 Å². The fourth-order valence-electron chi connectivity index (χ4n) is 3.57. The Hall–Kier alpha value is -0.670. The number of hydrogen-bond acceptors (Lipinski definition) is 4. The van der Waals surface area contributed by atoms with Crippen LogP contribution in [0.2, 0.25) is 0 Å². The van der Waals surface area contributed by atoms with Crippen molar-refractivity contribution >= 4 is 7.60 Å². The fourth-order valence-corrected chi connectivity index (χ4v) is 5.38. The minimum absolute atomic E-state index is 0.420. The first-order chi connectivity index (χ1) is 14.8. The van der Waals surface area contributed by atoms with Crippen LogP contribution in [-0.4, -0.2) is 18.5 Å². The Morgan fingerprint density at radius 2 is 1.35 bits per heavy atom. The summed E-state index contributed by atoms with van der Waals surface area (Å²) in [5.74, 6) is 0.840. The maximum atomic E-state index is 14.1. The minimum Gasteiger partial charge on any atom is -0.307 e. The molecular weight excluding hydrogens is 405 g/mol. The zero-order valence-electron chi connectivity index (χ0n) is 21.0. The summed E-state index contributed by atoms with van der Waals surface area (Å²) in [4.78, 5) is 0. The van der Waals surface area contributed by atoms with Crippen LogP contribution < -0.4 is 5.32 Å². The second-order valence-electron chi connectivity index (χ2n) is 9.32. The number of unbranched alkanes of at least 4 members (excludes halogenated alkanes) is 2. The zero-order chi connectivity index (χ0) is 23.2. The molecule has 0 aliphatic rings. The first-order valence-electron chi connectivity index (χ1n) is 12.5. The van der Waals surface area contributed by atoms with E-state index in [1.165, 1.54) is 25.7 Å². The normalized spacial score (nSPS) is 16.1. The Bertz CT molecular complexity index is 596. The van der Waals surface area contributed by atoms with Crippen LogP contribution in [0, 0.1) is 11.8 Å². The van der Waals surface area contributed by atoms with E-state index in [2.05, 4.69) is 45.1 Å². The van der Waals surface area contributed by atoms with Gasteiger partial charge >= 0.3 is 7.60 Å². The lowest BCUT2D eigenvalue weighted by Crippen LogP contribution is -2.40. The van der Waals surface area contributed by atoms with Crippen molar-refractivity contribution in [3.63, 3.8) is 0 Å². The molecule has 5 heteroatoms. The van der Waals surface area contributed by atoms with Gasteiger partial charge < -0.3 is 9.05 Å². The first kappa shape index (κ1) is 28.4. The van der Waals surface area contributed by atoms with Gasteiger partial charge in [0.15, 0.2) is 0 Å². The van der Waals surface area contributed by atoms with Crippen LogP contribution in [0.5, 0.6) is 0 Å². The van der Waals surface area contributed by atoms with Gasteiger partial charge in [-0.3, -0.25) is 9.88 Å².